The fourth-order valence-corrected chi connectivity index (χ4v) is 32.4. The average Bonchev–Trinajstić information content (AvgIpc) is 2.05. The van der Waals surface area contributed by atoms with Gasteiger partial charge in [-0.1, -0.05) is 65.5 Å². The van der Waals surface area contributed by atoms with Crippen molar-refractivity contribution in [1.29, 1.82) is 0 Å². The second-order valence-electron chi connectivity index (χ2n) is 9.14. The minimum Gasteiger partial charge on any atom is -0.346 e. The summed E-state index contributed by atoms with van der Waals surface area (Å²) in [5.41, 5.74) is 0. The summed E-state index contributed by atoms with van der Waals surface area (Å²) in [4.78, 5) is 0. The van der Waals surface area contributed by atoms with Crippen LogP contribution in [0.25, 0.3) is 0 Å². The van der Waals surface area contributed by atoms with Crippen molar-refractivity contribution in [2.75, 3.05) is 12.3 Å². The molecule has 6 heteroatoms. The quantitative estimate of drug-likeness (QED) is 0.715. The maximum absolute atomic E-state index is 3.03. The van der Waals surface area contributed by atoms with Crippen LogP contribution in [0.2, 0.25) is 65.5 Å². The Morgan fingerprint density at radius 3 is 1.00 bits per heavy atom. The van der Waals surface area contributed by atoms with Crippen LogP contribution in [0.1, 0.15) is 0 Å². The van der Waals surface area contributed by atoms with Crippen LogP contribution in [0.4, 0.5) is 0 Å². The third kappa shape index (κ3) is 3.46. The Morgan fingerprint density at radius 1 is 0.611 bits per heavy atom. The van der Waals surface area contributed by atoms with Gasteiger partial charge in [-0.15, -0.1) is 0 Å². The Hall–Kier alpha value is 0.788. The van der Waals surface area contributed by atoms with Crippen molar-refractivity contribution in [2.45, 2.75) is 65.5 Å². The van der Waals surface area contributed by atoms with Crippen LogP contribution in [0.3, 0.4) is 0 Å². The Kier molecular flexibility index (Phi) is 4.36. The average molecular weight is 319 g/mol. The van der Waals surface area contributed by atoms with Gasteiger partial charge in [0.25, 0.3) is 0 Å². The second kappa shape index (κ2) is 4.66. The fraction of sp³-hybridized carbons (Fsp3) is 1.00. The van der Waals surface area contributed by atoms with Crippen molar-refractivity contribution in [2.24, 2.45) is 0 Å². The van der Waals surface area contributed by atoms with E-state index in [0.29, 0.717) is 0 Å². The molecule has 2 nitrogen and oxygen atoms in total. The minimum absolute atomic E-state index is 1.15. The molecule has 0 amide bonds. The molecule has 0 aromatic carbocycles. The minimum atomic E-state index is -1.23. The van der Waals surface area contributed by atoms with Crippen molar-refractivity contribution < 1.29 is 0 Å². The first-order valence-electron chi connectivity index (χ1n) is 7.23. The van der Waals surface area contributed by atoms with Gasteiger partial charge in [-0.25, -0.2) is 0 Å². The van der Waals surface area contributed by atoms with Gasteiger partial charge in [0.2, 0.25) is 0 Å². The van der Waals surface area contributed by atoms with Gasteiger partial charge in [0, 0.05) is 0 Å². The van der Waals surface area contributed by atoms with E-state index in [-0.39, 0.29) is 0 Å². The van der Waals surface area contributed by atoms with Crippen LogP contribution in [-0.2, 0) is 0 Å². The summed E-state index contributed by atoms with van der Waals surface area (Å²) >= 11 is 0. The highest BCUT2D eigenvalue weighted by Gasteiger charge is 2.52. The normalized spacial score (nSPS) is 26.3. The van der Waals surface area contributed by atoms with E-state index in [0.717, 1.165) is 0 Å². The van der Waals surface area contributed by atoms with Crippen molar-refractivity contribution in [3.05, 3.63) is 0 Å². The predicted molar refractivity (Wildman–Crippen MR) is 95.1 cm³/mol. The summed E-state index contributed by atoms with van der Waals surface area (Å²) in [6.07, 6.45) is 2.85. The standard InChI is InChI=1S/C12H34N2Si4/c1-15(2,3)13-11-18(9,10)14(16(4,5)6)12-17(13,7)8/h11-12H2,1-10H3. The lowest BCUT2D eigenvalue weighted by Crippen LogP contribution is -2.80. The Balaban J connectivity index is 3.11. The van der Waals surface area contributed by atoms with E-state index in [1.165, 1.54) is 12.3 Å². The van der Waals surface area contributed by atoms with Gasteiger partial charge in [-0.05, 0) is 12.3 Å². The molecule has 1 aliphatic heterocycles. The Morgan fingerprint density at radius 2 is 0.833 bits per heavy atom. The van der Waals surface area contributed by atoms with E-state index in [4.69, 9.17) is 0 Å². The third-order valence-electron chi connectivity index (χ3n) is 4.17. The molecule has 0 bridgehead atoms. The highest BCUT2D eigenvalue weighted by Crippen LogP contribution is 2.33. The maximum atomic E-state index is 3.03. The van der Waals surface area contributed by atoms with E-state index in [1.54, 1.807) is 0 Å². The van der Waals surface area contributed by atoms with Crippen LogP contribution in [0.15, 0.2) is 0 Å². The summed E-state index contributed by atoms with van der Waals surface area (Å²) in [6.45, 7) is 25.6. The molecule has 1 fully saturated rings. The molecule has 0 spiro atoms. The lowest BCUT2D eigenvalue weighted by molar-refractivity contribution is 0.562. The zero-order chi connectivity index (χ0) is 14.6. The highest BCUT2D eigenvalue weighted by atomic mass is 28.4. The molecule has 1 rings (SSSR count). The van der Waals surface area contributed by atoms with E-state index < -0.39 is 32.9 Å². The van der Waals surface area contributed by atoms with Gasteiger partial charge in [-0.2, -0.15) is 0 Å². The summed E-state index contributed by atoms with van der Waals surface area (Å²) in [5, 5.41) is 0. The van der Waals surface area contributed by atoms with E-state index in [1.807, 2.05) is 0 Å². The van der Waals surface area contributed by atoms with Gasteiger partial charge in [0.1, 0.15) is 32.9 Å². The topological polar surface area (TPSA) is 6.48 Å². The van der Waals surface area contributed by atoms with E-state index in [2.05, 4.69) is 73.9 Å². The molecule has 0 atom stereocenters. The lowest BCUT2D eigenvalue weighted by Gasteiger charge is -2.60. The SMILES string of the molecule is C[Si](C)(C)N1C[Si](C)(C)N([Si](C)(C)C)C[Si]1(C)C. The molecule has 0 unspecified atom stereocenters. The lowest BCUT2D eigenvalue weighted by atomic mass is 11.5. The van der Waals surface area contributed by atoms with E-state index >= 15 is 0 Å². The summed E-state index contributed by atoms with van der Waals surface area (Å²) in [6, 6.07) is 0. The molecule has 1 saturated heterocycles. The summed E-state index contributed by atoms with van der Waals surface area (Å²) in [5.74, 6) is 0. The Labute approximate surface area is 119 Å². The zero-order valence-corrected chi connectivity index (χ0v) is 18.3. The molecule has 0 aliphatic carbocycles. The van der Waals surface area contributed by atoms with Crippen LogP contribution in [-0.4, -0.2) is 53.7 Å². The van der Waals surface area contributed by atoms with Crippen LogP contribution < -0.4 is 0 Å². The molecule has 0 saturated carbocycles. The first kappa shape index (κ1) is 16.8. The van der Waals surface area contributed by atoms with Gasteiger partial charge in [0.05, 0.1) is 0 Å². The first-order chi connectivity index (χ1) is 7.68. The van der Waals surface area contributed by atoms with Crippen LogP contribution in [0.5, 0.6) is 0 Å². The highest BCUT2D eigenvalue weighted by molar-refractivity contribution is 6.98. The molecular weight excluding hydrogens is 284 g/mol. The van der Waals surface area contributed by atoms with Gasteiger partial charge >= 0.3 is 0 Å². The number of hydrogen-bond acceptors (Lipinski definition) is 2. The smallest absolute Gasteiger partial charge is 0.128 e. The Bertz CT molecular complexity index is 283. The summed E-state index contributed by atoms with van der Waals surface area (Å²) < 4.78 is 6.06. The second-order valence-corrected chi connectivity index (χ2v) is 28.8. The molecule has 0 aromatic rings. The van der Waals surface area contributed by atoms with Gasteiger partial charge < -0.3 is 8.46 Å². The number of rotatable bonds is 2. The van der Waals surface area contributed by atoms with Crippen molar-refractivity contribution in [3.63, 3.8) is 0 Å². The monoisotopic (exact) mass is 318 g/mol. The molecule has 108 valence electrons. The molecule has 0 radical (unpaired) electrons. The molecule has 1 aliphatic rings. The van der Waals surface area contributed by atoms with Crippen molar-refractivity contribution >= 4 is 32.9 Å². The largest absolute Gasteiger partial charge is 0.346 e. The van der Waals surface area contributed by atoms with Crippen molar-refractivity contribution in [3.8, 4) is 0 Å². The van der Waals surface area contributed by atoms with Crippen molar-refractivity contribution in [1.82, 2.24) is 8.46 Å². The molecular formula is C12H34N2Si4. The molecule has 0 aromatic heterocycles. The van der Waals surface area contributed by atoms with Crippen LogP contribution in [0, 0.1) is 0 Å². The van der Waals surface area contributed by atoms with E-state index in [9.17, 15) is 0 Å². The third-order valence-corrected chi connectivity index (χ3v) is 22.1. The number of hydrogen-bond donors (Lipinski definition) is 0. The maximum Gasteiger partial charge on any atom is 0.128 e. The van der Waals surface area contributed by atoms with Gasteiger partial charge in [0.15, 0.2) is 0 Å². The summed E-state index contributed by atoms with van der Waals surface area (Å²) in [7, 11) is -4.75. The molecule has 18 heavy (non-hydrogen) atoms. The molecule has 1 heterocycles. The fourth-order valence-electron chi connectivity index (χ4n) is 3.66. The van der Waals surface area contributed by atoms with Crippen LogP contribution >= 0.6 is 0 Å². The van der Waals surface area contributed by atoms with Gasteiger partial charge in [-0.3, -0.25) is 0 Å². The first-order valence-corrected chi connectivity index (χ1v) is 20.4. The predicted octanol–water partition coefficient (Wildman–Crippen LogP) is 3.76. The molecule has 0 N–H and O–H groups in total. The zero-order valence-electron chi connectivity index (χ0n) is 14.3. The number of nitrogens with zero attached hydrogens (tertiary/aromatic N) is 2.